The number of nitrogens with zero attached hydrogens (tertiary/aromatic N) is 4. The molecule has 1 aromatic heterocycles. The predicted molar refractivity (Wildman–Crippen MR) is 114 cm³/mol. The number of rotatable bonds is 6. The lowest BCUT2D eigenvalue weighted by Gasteiger charge is -2.36. The molecule has 2 heterocycles. The fourth-order valence-electron chi connectivity index (χ4n) is 3.34. The summed E-state index contributed by atoms with van der Waals surface area (Å²) in [5.74, 6) is 2.10. The van der Waals surface area contributed by atoms with Gasteiger partial charge in [-0.3, -0.25) is 0 Å². The summed E-state index contributed by atoms with van der Waals surface area (Å²) in [6.45, 7) is 5.91. The molecule has 29 heavy (non-hydrogen) atoms. The van der Waals surface area contributed by atoms with Crippen molar-refractivity contribution < 1.29 is 9.13 Å². The summed E-state index contributed by atoms with van der Waals surface area (Å²) in [5.41, 5.74) is 1.98. The molecule has 1 N–H and O–H groups in total. The molecule has 0 bridgehead atoms. The van der Waals surface area contributed by atoms with Gasteiger partial charge in [0.2, 0.25) is 5.95 Å². The molecule has 2 aromatic carbocycles. The molecule has 1 saturated heterocycles. The Labute approximate surface area is 170 Å². The molecule has 1 aliphatic rings. The molecular formula is C22H24FN5O. The third-order valence-corrected chi connectivity index (χ3v) is 4.83. The molecule has 1 aliphatic heterocycles. The maximum Gasteiger partial charge on any atom is 0.227 e. The highest BCUT2D eigenvalue weighted by molar-refractivity contribution is 5.58. The van der Waals surface area contributed by atoms with E-state index in [0.29, 0.717) is 12.6 Å². The summed E-state index contributed by atoms with van der Waals surface area (Å²) in [5, 5.41) is 3.31. The number of halogens is 1. The topological polar surface area (TPSA) is 53.5 Å². The monoisotopic (exact) mass is 393 g/mol. The summed E-state index contributed by atoms with van der Waals surface area (Å²) >= 11 is 0. The standard InChI is InChI=1S/C22H24FN5O/c1-2-29-20-9-5-18(6-10-20)25-21-11-12-24-22(26-21)28-15-13-27(14-16-28)19-7-3-17(23)4-8-19/h3-12H,2,13-16H2,1H3,(H,24,25,26). The highest BCUT2D eigenvalue weighted by Gasteiger charge is 2.19. The maximum atomic E-state index is 13.1. The predicted octanol–water partition coefficient (Wildman–Crippen LogP) is 4.08. The van der Waals surface area contributed by atoms with Gasteiger partial charge in [0.25, 0.3) is 0 Å². The quantitative estimate of drug-likeness (QED) is 0.681. The van der Waals surface area contributed by atoms with Crippen molar-refractivity contribution in [2.24, 2.45) is 0 Å². The van der Waals surface area contributed by atoms with Crippen LogP contribution in [0.3, 0.4) is 0 Å². The molecule has 7 heteroatoms. The number of ether oxygens (including phenoxy) is 1. The van der Waals surface area contributed by atoms with Crippen molar-refractivity contribution >= 4 is 23.1 Å². The normalized spacial score (nSPS) is 14.0. The van der Waals surface area contributed by atoms with E-state index in [4.69, 9.17) is 4.74 Å². The van der Waals surface area contributed by atoms with Crippen molar-refractivity contribution in [3.63, 3.8) is 0 Å². The van der Waals surface area contributed by atoms with Crippen LogP contribution in [0.2, 0.25) is 0 Å². The molecule has 0 unspecified atom stereocenters. The van der Waals surface area contributed by atoms with Crippen LogP contribution in [-0.2, 0) is 0 Å². The molecule has 6 nitrogen and oxygen atoms in total. The van der Waals surface area contributed by atoms with Crippen molar-refractivity contribution in [3.8, 4) is 5.75 Å². The largest absolute Gasteiger partial charge is 0.494 e. The van der Waals surface area contributed by atoms with Crippen LogP contribution in [0.15, 0.2) is 60.8 Å². The first-order valence-electron chi connectivity index (χ1n) is 9.79. The lowest BCUT2D eigenvalue weighted by atomic mass is 10.2. The van der Waals surface area contributed by atoms with Crippen molar-refractivity contribution in [2.45, 2.75) is 6.92 Å². The third kappa shape index (κ3) is 4.74. The van der Waals surface area contributed by atoms with Gasteiger partial charge < -0.3 is 19.9 Å². The first kappa shape index (κ1) is 19.0. The highest BCUT2D eigenvalue weighted by Crippen LogP contribution is 2.22. The number of piperazine rings is 1. The lowest BCUT2D eigenvalue weighted by Crippen LogP contribution is -2.47. The lowest BCUT2D eigenvalue weighted by molar-refractivity contribution is 0.340. The van der Waals surface area contributed by atoms with Crippen LogP contribution in [0.25, 0.3) is 0 Å². The number of hydrogen-bond donors (Lipinski definition) is 1. The van der Waals surface area contributed by atoms with E-state index in [2.05, 4.69) is 25.1 Å². The fourth-order valence-corrected chi connectivity index (χ4v) is 3.34. The Morgan fingerprint density at radius 1 is 0.931 bits per heavy atom. The Morgan fingerprint density at radius 3 is 2.31 bits per heavy atom. The van der Waals surface area contributed by atoms with Gasteiger partial charge in [0.05, 0.1) is 6.61 Å². The van der Waals surface area contributed by atoms with E-state index in [0.717, 1.165) is 49.1 Å². The molecule has 0 saturated carbocycles. The number of benzene rings is 2. The SMILES string of the molecule is CCOc1ccc(Nc2ccnc(N3CCN(c4ccc(F)cc4)CC3)n2)cc1. The minimum atomic E-state index is -0.211. The fraction of sp³-hybridized carbons (Fsp3) is 0.273. The van der Waals surface area contributed by atoms with Crippen LogP contribution in [0, 0.1) is 5.82 Å². The molecule has 3 aromatic rings. The Balaban J connectivity index is 1.38. The number of hydrogen-bond acceptors (Lipinski definition) is 6. The van der Waals surface area contributed by atoms with Crippen LogP contribution in [-0.4, -0.2) is 42.8 Å². The maximum absolute atomic E-state index is 13.1. The minimum absolute atomic E-state index is 0.211. The van der Waals surface area contributed by atoms with Crippen LogP contribution in [0.1, 0.15) is 6.92 Å². The van der Waals surface area contributed by atoms with Crippen LogP contribution >= 0.6 is 0 Å². The summed E-state index contributed by atoms with van der Waals surface area (Å²) < 4.78 is 18.6. The summed E-state index contributed by atoms with van der Waals surface area (Å²) in [4.78, 5) is 13.5. The third-order valence-electron chi connectivity index (χ3n) is 4.83. The highest BCUT2D eigenvalue weighted by atomic mass is 19.1. The summed E-state index contributed by atoms with van der Waals surface area (Å²) in [6, 6.07) is 16.3. The van der Waals surface area contributed by atoms with E-state index in [1.54, 1.807) is 6.20 Å². The molecule has 0 aliphatic carbocycles. The summed E-state index contributed by atoms with van der Waals surface area (Å²) in [7, 11) is 0. The molecule has 0 radical (unpaired) electrons. The smallest absolute Gasteiger partial charge is 0.227 e. The van der Waals surface area contributed by atoms with Crippen molar-refractivity contribution in [2.75, 3.05) is 47.9 Å². The number of anilines is 4. The average Bonchev–Trinajstić information content (AvgIpc) is 2.76. The molecule has 0 atom stereocenters. The van der Waals surface area contributed by atoms with Crippen LogP contribution in [0.4, 0.5) is 27.5 Å². The number of aromatic nitrogens is 2. The van der Waals surface area contributed by atoms with Crippen LogP contribution < -0.4 is 19.9 Å². The van der Waals surface area contributed by atoms with E-state index in [9.17, 15) is 4.39 Å². The van der Waals surface area contributed by atoms with Gasteiger partial charge in [-0.05, 0) is 61.5 Å². The second kappa shape index (κ2) is 8.77. The zero-order chi connectivity index (χ0) is 20.1. The van der Waals surface area contributed by atoms with Crippen LogP contribution in [0.5, 0.6) is 5.75 Å². The Morgan fingerprint density at radius 2 is 1.62 bits per heavy atom. The van der Waals surface area contributed by atoms with Gasteiger partial charge >= 0.3 is 0 Å². The molecule has 150 valence electrons. The Kier molecular flexibility index (Phi) is 5.74. The Bertz CT molecular complexity index is 925. The molecule has 0 spiro atoms. The zero-order valence-electron chi connectivity index (χ0n) is 16.4. The van der Waals surface area contributed by atoms with Crippen molar-refractivity contribution in [1.29, 1.82) is 0 Å². The molecule has 1 fully saturated rings. The first-order chi connectivity index (χ1) is 14.2. The van der Waals surface area contributed by atoms with Crippen molar-refractivity contribution in [3.05, 3.63) is 66.6 Å². The van der Waals surface area contributed by atoms with E-state index in [1.165, 1.54) is 12.1 Å². The van der Waals surface area contributed by atoms with Gasteiger partial charge in [0.1, 0.15) is 17.4 Å². The summed E-state index contributed by atoms with van der Waals surface area (Å²) in [6.07, 6.45) is 1.77. The number of nitrogens with one attached hydrogen (secondary N) is 1. The second-order valence-corrected chi connectivity index (χ2v) is 6.77. The van der Waals surface area contributed by atoms with Gasteiger partial charge in [-0.25, -0.2) is 9.37 Å². The van der Waals surface area contributed by atoms with Gasteiger partial charge in [-0.1, -0.05) is 0 Å². The first-order valence-corrected chi connectivity index (χ1v) is 9.79. The van der Waals surface area contributed by atoms with Crippen molar-refractivity contribution in [1.82, 2.24) is 9.97 Å². The second-order valence-electron chi connectivity index (χ2n) is 6.77. The molecule has 0 amide bonds. The van der Waals surface area contributed by atoms with Gasteiger partial charge in [0, 0.05) is 43.8 Å². The van der Waals surface area contributed by atoms with Gasteiger partial charge in [-0.2, -0.15) is 4.98 Å². The van der Waals surface area contributed by atoms with E-state index in [-0.39, 0.29) is 5.82 Å². The minimum Gasteiger partial charge on any atom is -0.494 e. The average molecular weight is 393 g/mol. The Hall–Kier alpha value is -3.35. The van der Waals surface area contributed by atoms with E-state index in [1.807, 2.05) is 49.4 Å². The molecule has 4 rings (SSSR count). The van der Waals surface area contributed by atoms with E-state index < -0.39 is 0 Å². The van der Waals surface area contributed by atoms with Gasteiger partial charge in [0.15, 0.2) is 0 Å². The molecular weight excluding hydrogens is 369 g/mol. The van der Waals surface area contributed by atoms with E-state index >= 15 is 0 Å². The van der Waals surface area contributed by atoms with Gasteiger partial charge in [-0.15, -0.1) is 0 Å². The zero-order valence-corrected chi connectivity index (χ0v) is 16.4.